The van der Waals surface area contributed by atoms with Crippen molar-refractivity contribution < 1.29 is 9.90 Å². The summed E-state index contributed by atoms with van der Waals surface area (Å²) < 4.78 is 1.01. The number of nitrogens with one attached hydrogen (secondary N) is 1. The number of aryl methyl sites for hydroxylation is 1. The smallest absolute Gasteiger partial charge is 0.255 e. The van der Waals surface area contributed by atoms with Gasteiger partial charge in [0, 0.05) is 15.7 Å². The summed E-state index contributed by atoms with van der Waals surface area (Å²) in [5.41, 5.74) is 3.18. The lowest BCUT2D eigenvalue weighted by atomic mass is 10.1. The van der Waals surface area contributed by atoms with Gasteiger partial charge in [0.15, 0.2) is 0 Å². The van der Waals surface area contributed by atoms with Gasteiger partial charge in [-0.1, -0.05) is 28.1 Å². The van der Waals surface area contributed by atoms with Gasteiger partial charge in [0.2, 0.25) is 0 Å². The first kappa shape index (κ1) is 13.8. The normalized spacial score (nSPS) is 10.3. The predicted octanol–water partition coefficient (Wildman–Crippen LogP) is 3.50. The molecule has 0 aliphatic carbocycles. The Labute approximate surface area is 120 Å². The van der Waals surface area contributed by atoms with Crippen LogP contribution in [0.4, 0.5) is 5.69 Å². The van der Waals surface area contributed by atoms with Gasteiger partial charge in [-0.2, -0.15) is 0 Å². The maximum atomic E-state index is 12.0. The van der Waals surface area contributed by atoms with E-state index >= 15 is 0 Å². The molecule has 2 aromatic carbocycles. The summed E-state index contributed by atoms with van der Waals surface area (Å²) >= 11 is 3.42. The summed E-state index contributed by atoms with van der Waals surface area (Å²) in [4.78, 5) is 12.0. The summed E-state index contributed by atoms with van der Waals surface area (Å²) in [6.07, 6.45) is 0. The van der Waals surface area contributed by atoms with Crippen molar-refractivity contribution in [1.82, 2.24) is 0 Å². The largest absolute Gasteiger partial charge is 0.392 e. The highest BCUT2D eigenvalue weighted by atomic mass is 79.9. The summed E-state index contributed by atoms with van der Waals surface area (Å²) in [6, 6.07) is 12.5. The minimum atomic E-state index is -0.161. The summed E-state index contributed by atoms with van der Waals surface area (Å²) in [5.74, 6) is -0.161. The fourth-order valence-electron chi connectivity index (χ4n) is 1.69. The summed E-state index contributed by atoms with van der Waals surface area (Å²) in [6.45, 7) is 1.95. The average Bonchev–Trinajstić information content (AvgIpc) is 2.43. The van der Waals surface area contributed by atoms with Gasteiger partial charge in [-0.15, -0.1) is 0 Å². The van der Waals surface area contributed by atoms with Crippen LogP contribution in [0, 0.1) is 6.92 Å². The van der Waals surface area contributed by atoms with Gasteiger partial charge in [0.05, 0.1) is 6.61 Å². The van der Waals surface area contributed by atoms with Crippen LogP contribution in [0.1, 0.15) is 21.5 Å². The summed E-state index contributed by atoms with van der Waals surface area (Å²) in [7, 11) is 0. The Morgan fingerprint density at radius 1 is 1.21 bits per heavy atom. The number of amides is 1. The maximum absolute atomic E-state index is 12.0. The number of benzene rings is 2. The van der Waals surface area contributed by atoms with Gasteiger partial charge in [0.25, 0.3) is 5.91 Å². The number of aliphatic hydroxyl groups excluding tert-OH is 1. The molecular formula is C15H14BrNO2. The van der Waals surface area contributed by atoms with Crippen molar-refractivity contribution in [2.24, 2.45) is 0 Å². The van der Waals surface area contributed by atoms with E-state index in [4.69, 9.17) is 5.11 Å². The first-order chi connectivity index (χ1) is 9.10. The highest BCUT2D eigenvalue weighted by Gasteiger charge is 2.06. The van der Waals surface area contributed by atoms with Crippen LogP contribution in [0.5, 0.6) is 0 Å². The molecule has 19 heavy (non-hydrogen) atoms. The van der Waals surface area contributed by atoms with E-state index < -0.39 is 0 Å². The molecule has 2 rings (SSSR count). The second-order valence-corrected chi connectivity index (χ2v) is 5.13. The van der Waals surface area contributed by atoms with E-state index in [1.165, 1.54) is 0 Å². The predicted molar refractivity (Wildman–Crippen MR) is 79.2 cm³/mol. The van der Waals surface area contributed by atoms with Gasteiger partial charge >= 0.3 is 0 Å². The van der Waals surface area contributed by atoms with Crippen molar-refractivity contribution in [1.29, 1.82) is 0 Å². The number of carbonyl (C=O) groups is 1. The van der Waals surface area contributed by atoms with Crippen LogP contribution in [0.25, 0.3) is 0 Å². The molecule has 2 aromatic rings. The van der Waals surface area contributed by atoms with E-state index in [2.05, 4.69) is 21.2 Å². The molecular weight excluding hydrogens is 306 g/mol. The number of anilines is 1. The minimum Gasteiger partial charge on any atom is -0.392 e. The van der Waals surface area contributed by atoms with Crippen LogP contribution in [-0.2, 0) is 6.61 Å². The zero-order valence-corrected chi connectivity index (χ0v) is 12.1. The molecule has 4 heteroatoms. The molecule has 0 aliphatic heterocycles. The number of hydrogen-bond acceptors (Lipinski definition) is 2. The zero-order chi connectivity index (χ0) is 13.8. The van der Waals surface area contributed by atoms with Crippen LogP contribution in [0.3, 0.4) is 0 Å². The van der Waals surface area contributed by atoms with Crippen LogP contribution in [0.2, 0.25) is 0 Å². The van der Waals surface area contributed by atoms with E-state index in [0.29, 0.717) is 5.56 Å². The molecule has 98 valence electrons. The van der Waals surface area contributed by atoms with Crippen LogP contribution < -0.4 is 5.32 Å². The molecule has 0 heterocycles. The van der Waals surface area contributed by atoms with Gasteiger partial charge in [0.1, 0.15) is 0 Å². The fourth-order valence-corrected chi connectivity index (χ4v) is 1.93. The molecule has 0 fully saturated rings. The van der Waals surface area contributed by atoms with E-state index in [0.717, 1.165) is 21.3 Å². The summed E-state index contributed by atoms with van der Waals surface area (Å²) in [5, 5.41) is 11.8. The van der Waals surface area contributed by atoms with E-state index in [9.17, 15) is 4.79 Å². The zero-order valence-electron chi connectivity index (χ0n) is 10.5. The Kier molecular flexibility index (Phi) is 4.35. The molecule has 0 unspecified atom stereocenters. The number of carbonyl (C=O) groups excluding carboxylic acids is 1. The molecule has 2 N–H and O–H groups in total. The lowest BCUT2D eigenvalue weighted by molar-refractivity contribution is 0.102. The Bertz CT molecular complexity index is 594. The highest BCUT2D eigenvalue weighted by Crippen LogP contribution is 2.20. The minimum absolute atomic E-state index is 0.0200. The topological polar surface area (TPSA) is 49.3 Å². The number of hydrogen-bond donors (Lipinski definition) is 2. The molecule has 0 bridgehead atoms. The first-order valence-corrected chi connectivity index (χ1v) is 6.67. The van der Waals surface area contributed by atoms with Gasteiger partial charge < -0.3 is 10.4 Å². The number of aliphatic hydroxyl groups is 1. The molecule has 0 saturated carbocycles. The quantitative estimate of drug-likeness (QED) is 0.909. The molecule has 0 atom stereocenters. The SMILES string of the molecule is Cc1cc(NC(=O)c2ccc(CO)cc2)ccc1Br. The highest BCUT2D eigenvalue weighted by molar-refractivity contribution is 9.10. The van der Waals surface area contributed by atoms with Crippen LogP contribution in [0.15, 0.2) is 46.9 Å². The second kappa shape index (κ2) is 5.99. The molecule has 0 saturated heterocycles. The molecule has 0 radical (unpaired) electrons. The number of halogens is 1. The Hall–Kier alpha value is -1.65. The van der Waals surface area contributed by atoms with Crippen molar-refractivity contribution >= 4 is 27.5 Å². The van der Waals surface area contributed by atoms with Crippen molar-refractivity contribution in [3.63, 3.8) is 0 Å². The molecule has 0 aromatic heterocycles. The van der Waals surface area contributed by atoms with Crippen molar-refractivity contribution in [2.75, 3.05) is 5.32 Å². The van der Waals surface area contributed by atoms with Gasteiger partial charge in [-0.05, 0) is 48.4 Å². The standard InChI is InChI=1S/C15H14BrNO2/c1-10-8-13(6-7-14(10)16)17-15(19)12-4-2-11(9-18)3-5-12/h2-8,18H,9H2,1H3,(H,17,19). The van der Waals surface area contributed by atoms with Gasteiger partial charge in [-0.25, -0.2) is 0 Å². The third kappa shape index (κ3) is 3.43. The molecule has 3 nitrogen and oxygen atoms in total. The van der Waals surface area contributed by atoms with Crippen molar-refractivity contribution in [3.8, 4) is 0 Å². The van der Waals surface area contributed by atoms with Crippen molar-refractivity contribution in [2.45, 2.75) is 13.5 Å². The van der Waals surface area contributed by atoms with Crippen LogP contribution >= 0.6 is 15.9 Å². The third-order valence-corrected chi connectivity index (χ3v) is 3.70. The van der Waals surface area contributed by atoms with Crippen molar-refractivity contribution in [3.05, 3.63) is 63.6 Å². The number of rotatable bonds is 3. The average molecular weight is 320 g/mol. The fraction of sp³-hybridized carbons (Fsp3) is 0.133. The monoisotopic (exact) mass is 319 g/mol. The molecule has 1 amide bonds. The molecule has 0 aliphatic rings. The third-order valence-electron chi connectivity index (χ3n) is 2.81. The van der Waals surface area contributed by atoms with Gasteiger partial charge in [-0.3, -0.25) is 4.79 Å². The lowest BCUT2D eigenvalue weighted by Gasteiger charge is -2.07. The Morgan fingerprint density at radius 2 is 1.89 bits per heavy atom. The molecule has 0 spiro atoms. The Morgan fingerprint density at radius 3 is 2.47 bits per heavy atom. The van der Waals surface area contributed by atoms with E-state index in [-0.39, 0.29) is 12.5 Å². The Balaban J connectivity index is 2.13. The van der Waals surface area contributed by atoms with E-state index in [1.54, 1.807) is 24.3 Å². The van der Waals surface area contributed by atoms with Crippen LogP contribution in [-0.4, -0.2) is 11.0 Å². The van der Waals surface area contributed by atoms with E-state index in [1.807, 2.05) is 25.1 Å². The second-order valence-electron chi connectivity index (χ2n) is 4.27. The lowest BCUT2D eigenvalue weighted by Crippen LogP contribution is -2.11. The first-order valence-electron chi connectivity index (χ1n) is 5.87. The maximum Gasteiger partial charge on any atom is 0.255 e.